The number of halogens is 3. The van der Waals surface area contributed by atoms with E-state index in [2.05, 4.69) is 15.6 Å². The zero-order chi connectivity index (χ0) is 33.6. The molecule has 2 amide bonds. The lowest BCUT2D eigenvalue weighted by atomic mass is 10.00. The third kappa shape index (κ3) is 8.57. The van der Waals surface area contributed by atoms with Gasteiger partial charge in [0.1, 0.15) is 18.1 Å². The van der Waals surface area contributed by atoms with E-state index in [1.807, 2.05) is 37.3 Å². The first-order valence-corrected chi connectivity index (χ1v) is 15.3. The second kappa shape index (κ2) is 14.8. The van der Waals surface area contributed by atoms with Crippen molar-refractivity contribution < 1.29 is 37.0 Å². The summed E-state index contributed by atoms with van der Waals surface area (Å²) in [5.74, 6) is -0.0479. The van der Waals surface area contributed by atoms with Gasteiger partial charge in [-0.15, -0.1) is 0 Å². The van der Waals surface area contributed by atoms with E-state index in [1.54, 1.807) is 23.3 Å². The standard InChI is InChI=1S/C35H37F3N4O5/c1-22-21-47-33(40-22)30-12-7-13-42(30)34(45)26-16-25(17-28(18-26)46-2)32(44)41-29(15-23-8-4-3-5-9-23)31(43)20-39-19-24-10-6-11-27(14-24)35(36,37)38/h3-6,8-11,14,16-18,21,29-31,39,43H,7,12-13,15,19-20H2,1-2H3,(H,41,44)/t29-,30?,31+/m0/s1. The van der Waals surface area contributed by atoms with Crippen LogP contribution in [0.5, 0.6) is 5.75 Å². The largest absolute Gasteiger partial charge is 0.497 e. The molecule has 1 unspecified atom stereocenters. The molecule has 1 saturated heterocycles. The first kappa shape index (κ1) is 33.7. The molecule has 5 rings (SSSR count). The van der Waals surface area contributed by atoms with Crippen LogP contribution in [0.25, 0.3) is 0 Å². The van der Waals surface area contributed by atoms with Crippen LogP contribution in [0.15, 0.2) is 83.5 Å². The van der Waals surface area contributed by atoms with Crippen LogP contribution in [0, 0.1) is 6.92 Å². The summed E-state index contributed by atoms with van der Waals surface area (Å²) in [4.78, 5) is 33.5. The molecule has 0 bridgehead atoms. The van der Waals surface area contributed by atoms with Crippen LogP contribution in [0.4, 0.5) is 13.2 Å². The van der Waals surface area contributed by atoms with Gasteiger partial charge >= 0.3 is 6.18 Å². The average molecular weight is 651 g/mol. The van der Waals surface area contributed by atoms with Crippen LogP contribution in [0.2, 0.25) is 0 Å². The fraction of sp³-hybridized carbons (Fsp3) is 0.343. The van der Waals surface area contributed by atoms with Crippen molar-refractivity contribution in [2.75, 3.05) is 20.2 Å². The van der Waals surface area contributed by atoms with Gasteiger partial charge in [-0.1, -0.05) is 48.5 Å². The van der Waals surface area contributed by atoms with Crippen molar-refractivity contribution in [3.63, 3.8) is 0 Å². The number of aliphatic hydroxyl groups excluding tert-OH is 1. The van der Waals surface area contributed by atoms with E-state index in [1.165, 1.54) is 25.3 Å². The second-order valence-electron chi connectivity index (χ2n) is 11.6. The van der Waals surface area contributed by atoms with Crippen molar-refractivity contribution in [3.8, 4) is 5.75 Å². The summed E-state index contributed by atoms with van der Waals surface area (Å²) in [5.41, 5.74) is 1.65. The van der Waals surface area contributed by atoms with Gasteiger partial charge in [-0.25, -0.2) is 4.98 Å². The zero-order valence-electron chi connectivity index (χ0n) is 26.1. The highest BCUT2D eigenvalue weighted by molar-refractivity contribution is 6.00. The minimum atomic E-state index is -4.46. The normalized spacial score (nSPS) is 16.1. The van der Waals surface area contributed by atoms with E-state index >= 15 is 0 Å². The van der Waals surface area contributed by atoms with Gasteiger partial charge in [-0.05, 0) is 61.6 Å². The summed E-state index contributed by atoms with van der Waals surface area (Å²) in [6.45, 7) is 2.39. The van der Waals surface area contributed by atoms with Crippen molar-refractivity contribution in [2.24, 2.45) is 0 Å². The number of nitrogens with one attached hydrogen (secondary N) is 2. The Bertz CT molecular complexity index is 1680. The quantitative estimate of drug-likeness (QED) is 0.186. The van der Waals surface area contributed by atoms with Crippen LogP contribution < -0.4 is 15.4 Å². The maximum absolute atomic E-state index is 13.7. The van der Waals surface area contributed by atoms with Crippen LogP contribution in [0.3, 0.4) is 0 Å². The van der Waals surface area contributed by atoms with Gasteiger partial charge in [0.15, 0.2) is 0 Å². The Morgan fingerprint density at radius 3 is 2.51 bits per heavy atom. The SMILES string of the molecule is COc1cc(C(=O)N[C@@H](Cc2ccccc2)[C@H](O)CNCc2cccc(C(F)(F)F)c2)cc(C(=O)N2CCCC2c2nc(C)co2)c1. The number of methoxy groups -OCH3 is 1. The summed E-state index contributed by atoms with van der Waals surface area (Å²) in [6, 6.07) is 17.7. The molecular weight excluding hydrogens is 613 g/mol. The Morgan fingerprint density at radius 1 is 1.06 bits per heavy atom. The molecule has 3 atom stereocenters. The smallest absolute Gasteiger partial charge is 0.416 e. The number of ether oxygens (including phenoxy) is 1. The number of likely N-dealkylation sites (tertiary alicyclic amines) is 1. The van der Waals surface area contributed by atoms with Gasteiger partial charge in [0.2, 0.25) is 5.89 Å². The minimum absolute atomic E-state index is 0.00743. The summed E-state index contributed by atoms with van der Waals surface area (Å²) < 4.78 is 50.4. The molecular formula is C35H37F3N4O5. The van der Waals surface area contributed by atoms with Crippen molar-refractivity contribution in [1.29, 1.82) is 0 Å². The number of amides is 2. The van der Waals surface area contributed by atoms with Crippen molar-refractivity contribution in [2.45, 2.75) is 57.1 Å². The Balaban J connectivity index is 1.31. The number of hydrogen-bond donors (Lipinski definition) is 3. The molecule has 1 aliphatic rings. The van der Waals surface area contributed by atoms with Crippen molar-refractivity contribution >= 4 is 11.8 Å². The van der Waals surface area contributed by atoms with Gasteiger partial charge in [0.25, 0.3) is 11.8 Å². The molecule has 1 fully saturated rings. The molecule has 0 aliphatic carbocycles. The second-order valence-corrected chi connectivity index (χ2v) is 11.6. The number of benzene rings is 3. The first-order valence-electron chi connectivity index (χ1n) is 15.3. The fourth-order valence-electron chi connectivity index (χ4n) is 5.70. The molecule has 0 saturated carbocycles. The van der Waals surface area contributed by atoms with Crippen LogP contribution in [-0.2, 0) is 19.1 Å². The Hall–Kier alpha value is -4.68. The number of alkyl halides is 3. The van der Waals surface area contributed by atoms with Gasteiger partial charge < -0.3 is 29.8 Å². The van der Waals surface area contributed by atoms with E-state index in [4.69, 9.17) is 9.15 Å². The Kier molecular flexibility index (Phi) is 10.6. The highest BCUT2D eigenvalue weighted by Crippen LogP contribution is 2.33. The van der Waals surface area contributed by atoms with Gasteiger partial charge in [0, 0.05) is 30.8 Å². The van der Waals surface area contributed by atoms with Crippen molar-refractivity contribution in [3.05, 3.63) is 118 Å². The summed E-state index contributed by atoms with van der Waals surface area (Å²) in [5, 5.41) is 17.1. The summed E-state index contributed by atoms with van der Waals surface area (Å²) in [6.07, 6.45) is -2.27. The van der Waals surface area contributed by atoms with Crippen LogP contribution in [-0.4, -0.2) is 59.1 Å². The van der Waals surface area contributed by atoms with Gasteiger partial charge in [-0.3, -0.25) is 9.59 Å². The minimum Gasteiger partial charge on any atom is -0.497 e. The third-order valence-corrected chi connectivity index (χ3v) is 8.10. The highest BCUT2D eigenvalue weighted by atomic mass is 19.4. The van der Waals surface area contributed by atoms with Gasteiger partial charge in [0.05, 0.1) is 30.5 Å². The molecule has 1 aliphatic heterocycles. The molecule has 3 aromatic carbocycles. The van der Waals surface area contributed by atoms with E-state index < -0.39 is 29.8 Å². The zero-order valence-corrected chi connectivity index (χ0v) is 26.1. The summed E-state index contributed by atoms with van der Waals surface area (Å²) in [7, 11) is 1.44. The third-order valence-electron chi connectivity index (χ3n) is 8.10. The Labute approximate surface area is 270 Å². The van der Waals surface area contributed by atoms with Crippen LogP contribution in [0.1, 0.15) is 67.9 Å². The number of aromatic nitrogens is 1. The topological polar surface area (TPSA) is 117 Å². The van der Waals surface area contributed by atoms with Crippen molar-refractivity contribution in [1.82, 2.24) is 20.5 Å². The maximum atomic E-state index is 13.7. The first-order chi connectivity index (χ1) is 22.5. The molecule has 47 heavy (non-hydrogen) atoms. The molecule has 0 radical (unpaired) electrons. The maximum Gasteiger partial charge on any atom is 0.416 e. The van der Waals surface area contributed by atoms with Crippen LogP contribution >= 0.6 is 0 Å². The molecule has 12 heteroatoms. The number of hydrogen-bond acceptors (Lipinski definition) is 7. The fourth-order valence-corrected chi connectivity index (χ4v) is 5.70. The average Bonchev–Trinajstić information content (AvgIpc) is 3.73. The molecule has 0 spiro atoms. The molecule has 2 heterocycles. The predicted molar refractivity (Wildman–Crippen MR) is 168 cm³/mol. The van der Waals surface area contributed by atoms with Gasteiger partial charge in [-0.2, -0.15) is 13.2 Å². The number of carbonyl (C=O) groups is 2. The molecule has 9 nitrogen and oxygen atoms in total. The number of carbonyl (C=O) groups excluding carboxylic acids is 2. The van der Waals surface area contributed by atoms with E-state index in [0.29, 0.717) is 30.2 Å². The van der Waals surface area contributed by atoms with E-state index in [0.717, 1.165) is 29.8 Å². The number of rotatable bonds is 12. The number of oxazole rings is 1. The number of aryl methyl sites for hydroxylation is 1. The number of aliphatic hydroxyl groups is 1. The molecule has 4 aromatic rings. The van der Waals surface area contributed by atoms with E-state index in [-0.39, 0.29) is 42.6 Å². The highest BCUT2D eigenvalue weighted by Gasteiger charge is 2.34. The van der Waals surface area contributed by atoms with E-state index in [9.17, 15) is 27.9 Å². The Morgan fingerprint density at radius 2 is 1.81 bits per heavy atom. The summed E-state index contributed by atoms with van der Waals surface area (Å²) >= 11 is 0. The molecule has 1 aromatic heterocycles. The number of nitrogens with zero attached hydrogens (tertiary/aromatic N) is 2. The molecule has 3 N–H and O–H groups in total. The molecule has 248 valence electrons. The monoisotopic (exact) mass is 650 g/mol. The lowest BCUT2D eigenvalue weighted by Gasteiger charge is -2.25. The lowest BCUT2D eigenvalue weighted by Crippen LogP contribution is -2.48. The lowest BCUT2D eigenvalue weighted by molar-refractivity contribution is -0.137. The predicted octanol–water partition coefficient (Wildman–Crippen LogP) is 5.48.